The van der Waals surface area contributed by atoms with Crippen LogP contribution in [0.15, 0.2) is 36.7 Å². The van der Waals surface area contributed by atoms with E-state index in [9.17, 15) is 13.2 Å². The number of nitrogens with one attached hydrogen (secondary N) is 1. The summed E-state index contributed by atoms with van der Waals surface area (Å²) in [5.41, 5.74) is 1.39. The van der Waals surface area contributed by atoms with Crippen LogP contribution in [0, 0.1) is 0 Å². The summed E-state index contributed by atoms with van der Waals surface area (Å²) in [6.45, 7) is 7.37. The number of halogens is 4. The lowest BCUT2D eigenvalue weighted by atomic mass is 9.93. The molecule has 0 spiro atoms. The van der Waals surface area contributed by atoms with Crippen molar-refractivity contribution in [1.82, 2.24) is 24.8 Å². The first-order valence-electron chi connectivity index (χ1n) is 12.7. The van der Waals surface area contributed by atoms with E-state index >= 15 is 0 Å². The van der Waals surface area contributed by atoms with Gasteiger partial charge in [0.15, 0.2) is 11.0 Å². The van der Waals surface area contributed by atoms with Crippen LogP contribution in [0.1, 0.15) is 49.6 Å². The Hall–Kier alpha value is -3.18. The van der Waals surface area contributed by atoms with Crippen LogP contribution in [0.3, 0.4) is 0 Å². The van der Waals surface area contributed by atoms with Crippen LogP contribution < -0.4 is 15.0 Å². The maximum atomic E-state index is 13.1. The SMILES string of the molecule is CC1Cc2c(Nc3ccc(C(F)(F)F)cc3)nc(OCCN3CCCC3)nc2C(C)N1c1nccnc1Cl. The Bertz CT molecular complexity index is 1270. The molecular weight excluding hydrogens is 519 g/mol. The average molecular weight is 548 g/mol. The van der Waals surface area contributed by atoms with Gasteiger partial charge in [-0.2, -0.15) is 23.1 Å². The monoisotopic (exact) mass is 547 g/mol. The van der Waals surface area contributed by atoms with Gasteiger partial charge in [-0.05, 0) is 70.5 Å². The van der Waals surface area contributed by atoms with E-state index in [-0.39, 0.29) is 18.1 Å². The molecule has 202 valence electrons. The van der Waals surface area contributed by atoms with Crippen molar-refractivity contribution in [2.75, 3.05) is 36.5 Å². The van der Waals surface area contributed by atoms with Crippen LogP contribution in [0.2, 0.25) is 5.15 Å². The molecule has 2 unspecified atom stereocenters. The summed E-state index contributed by atoms with van der Waals surface area (Å²) in [5, 5.41) is 3.51. The predicted molar refractivity (Wildman–Crippen MR) is 139 cm³/mol. The number of likely N-dealkylation sites (tertiary alicyclic amines) is 1. The van der Waals surface area contributed by atoms with Crippen molar-refractivity contribution in [3.63, 3.8) is 0 Å². The molecular formula is C26H29ClF3N7O. The van der Waals surface area contributed by atoms with Gasteiger partial charge in [0.2, 0.25) is 0 Å². The van der Waals surface area contributed by atoms with E-state index in [1.807, 2.05) is 13.8 Å². The van der Waals surface area contributed by atoms with E-state index < -0.39 is 11.7 Å². The van der Waals surface area contributed by atoms with E-state index in [1.54, 1.807) is 12.4 Å². The van der Waals surface area contributed by atoms with Gasteiger partial charge in [-0.3, -0.25) is 4.90 Å². The molecule has 8 nitrogen and oxygen atoms in total. The largest absolute Gasteiger partial charge is 0.462 e. The minimum Gasteiger partial charge on any atom is -0.462 e. The van der Waals surface area contributed by atoms with Gasteiger partial charge in [-0.25, -0.2) is 9.97 Å². The highest BCUT2D eigenvalue weighted by atomic mass is 35.5. The highest BCUT2D eigenvalue weighted by Crippen LogP contribution is 2.40. The van der Waals surface area contributed by atoms with Gasteiger partial charge in [-0.1, -0.05) is 11.6 Å². The second-order valence-corrected chi connectivity index (χ2v) is 9.98. The average Bonchev–Trinajstić information content (AvgIpc) is 3.39. The summed E-state index contributed by atoms with van der Waals surface area (Å²) >= 11 is 6.39. The zero-order valence-corrected chi connectivity index (χ0v) is 21.9. The van der Waals surface area contributed by atoms with Crippen LogP contribution in [-0.4, -0.2) is 57.1 Å². The number of fused-ring (bicyclic) bond motifs is 1. The highest BCUT2D eigenvalue weighted by Gasteiger charge is 2.36. The first-order valence-corrected chi connectivity index (χ1v) is 13.0. The Morgan fingerprint density at radius 2 is 1.76 bits per heavy atom. The highest BCUT2D eigenvalue weighted by molar-refractivity contribution is 6.31. The molecule has 1 fully saturated rings. The molecule has 1 saturated heterocycles. The molecule has 3 aromatic rings. The first-order chi connectivity index (χ1) is 18.2. The zero-order valence-electron chi connectivity index (χ0n) is 21.2. The molecule has 2 aliphatic rings. The molecule has 12 heteroatoms. The molecule has 5 rings (SSSR count). The van der Waals surface area contributed by atoms with E-state index in [1.165, 1.54) is 25.0 Å². The van der Waals surface area contributed by atoms with Crippen molar-refractivity contribution in [2.24, 2.45) is 0 Å². The fourth-order valence-electron chi connectivity index (χ4n) is 5.13. The molecule has 38 heavy (non-hydrogen) atoms. The van der Waals surface area contributed by atoms with Crippen molar-refractivity contribution in [2.45, 2.75) is 51.4 Å². The second kappa shape index (κ2) is 10.9. The number of alkyl halides is 3. The zero-order chi connectivity index (χ0) is 26.9. The molecule has 4 heterocycles. The van der Waals surface area contributed by atoms with Gasteiger partial charge in [0.05, 0.1) is 17.3 Å². The number of benzene rings is 1. The van der Waals surface area contributed by atoms with Crippen LogP contribution in [0.25, 0.3) is 0 Å². The van der Waals surface area contributed by atoms with Crippen LogP contribution in [-0.2, 0) is 12.6 Å². The van der Waals surface area contributed by atoms with Gasteiger partial charge in [-0.15, -0.1) is 0 Å². The number of anilines is 3. The molecule has 0 radical (unpaired) electrons. The summed E-state index contributed by atoms with van der Waals surface area (Å²) in [6.07, 6.45) is 1.67. The molecule has 1 N–H and O–H groups in total. The predicted octanol–water partition coefficient (Wildman–Crippen LogP) is 5.67. The topological polar surface area (TPSA) is 79.3 Å². The van der Waals surface area contributed by atoms with Crippen LogP contribution in [0.4, 0.5) is 30.5 Å². The molecule has 0 bridgehead atoms. The van der Waals surface area contributed by atoms with E-state index in [0.29, 0.717) is 35.5 Å². The van der Waals surface area contributed by atoms with Crippen molar-refractivity contribution >= 4 is 28.9 Å². The Balaban J connectivity index is 1.47. The normalized spacial score (nSPS) is 19.9. The Morgan fingerprint density at radius 1 is 1.05 bits per heavy atom. The summed E-state index contributed by atoms with van der Waals surface area (Å²) < 4.78 is 45.2. The lowest BCUT2D eigenvalue weighted by Gasteiger charge is -2.41. The van der Waals surface area contributed by atoms with Gasteiger partial charge in [0.1, 0.15) is 12.4 Å². The number of hydrogen-bond donors (Lipinski definition) is 1. The number of aromatic nitrogens is 4. The summed E-state index contributed by atoms with van der Waals surface area (Å²) in [7, 11) is 0. The maximum absolute atomic E-state index is 13.1. The summed E-state index contributed by atoms with van der Waals surface area (Å²) in [6, 6.07) is 4.84. The van der Waals surface area contributed by atoms with Gasteiger partial charge in [0, 0.05) is 36.2 Å². The number of nitrogens with zero attached hydrogens (tertiary/aromatic N) is 6. The molecule has 0 saturated carbocycles. The van der Waals surface area contributed by atoms with Crippen molar-refractivity contribution in [3.8, 4) is 6.01 Å². The van der Waals surface area contributed by atoms with E-state index in [0.717, 1.165) is 43.0 Å². The maximum Gasteiger partial charge on any atom is 0.416 e. The van der Waals surface area contributed by atoms with Crippen molar-refractivity contribution < 1.29 is 17.9 Å². The van der Waals surface area contributed by atoms with E-state index in [2.05, 4.69) is 30.1 Å². The fraction of sp³-hybridized carbons (Fsp3) is 0.462. The summed E-state index contributed by atoms with van der Waals surface area (Å²) in [5.74, 6) is 1.07. The minimum atomic E-state index is -4.40. The smallest absolute Gasteiger partial charge is 0.416 e. The molecule has 1 aromatic carbocycles. The Labute approximate surface area is 224 Å². The minimum absolute atomic E-state index is 0.0228. The third-order valence-electron chi connectivity index (χ3n) is 7.00. The Kier molecular flexibility index (Phi) is 7.58. The van der Waals surface area contributed by atoms with Crippen LogP contribution >= 0.6 is 11.6 Å². The Morgan fingerprint density at radius 3 is 2.45 bits per heavy atom. The lowest BCUT2D eigenvalue weighted by molar-refractivity contribution is -0.137. The quantitative estimate of drug-likeness (QED) is 0.405. The number of ether oxygens (including phenoxy) is 1. The molecule has 0 aliphatic carbocycles. The van der Waals surface area contributed by atoms with Crippen LogP contribution in [0.5, 0.6) is 6.01 Å². The third kappa shape index (κ3) is 5.63. The van der Waals surface area contributed by atoms with Gasteiger partial charge in [0.25, 0.3) is 0 Å². The number of hydrogen-bond acceptors (Lipinski definition) is 8. The number of rotatable bonds is 7. The van der Waals surface area contributed by atoms with Gasteiger partial charge >= 0.3 is 12.2 Å². The van der Waals surface area contributed by atoms with Crippen molar-refractivity contribution in [1.29, 1.82) is 0 Å². The van der Waals surface area contributed by atoms with Crippen molar-refractivity contribution in [3.05, 3.63) is 58.6 Å². The summed E-state index contributed by atoms with van der Waals surface area (Å²) in [4.78, 5) is 22.5. The second-order valence-electron chi connectivity index (χ2n) is 9.62. The van der Waals surface area contributed by atoms with E-state index in [4.69, 9.17) is 21.3 Å². The molecule has 2 aromatic heterocycles. The molecule has 0 amide bonds. The molecule has 2 aliphatic heterocycles. The van der Waals surface area contributed by atoms with Gasteiger partial charge < -0.3 is 15.0 Å². The fourth-order valence-corrected chi connectivity index (χ4v) is 5.34. The first kappa shape index (κ1) is 26.4. The third-order valence-corrected chi connectivity index (χ3v) is 7.27. The lowest BCUT2D eigenvalue weighted by Crippen LogP contribution is -2.43. The molecule has 2 atom stereocenters. The standard InChI is InChI=1S/C26H29ClF3N7O/c1-16-15-20-21(17(2)37(16)24-22(27)31-9-10-32-24)34-25(38-14-13-36-11-3-4-12-36)35-23(20)33-19-7-5-18(6-8-19)26(28,29)30/h5-10,16-17H,3-4,11-15H2,1-2H3,(H,33,34,35).